The Morgan fingerprint density at radius 3 is 2.38 bits per heavy atom. The maximum absolute atomic E-state index is 15.4. The van der Waals surface area contributed by atoms with Crippen molar-refractivity contribution in [2.45, 2.75) is 69.2 Å². The van der Waals surface area contributed by atoms with Gasteiger partial charge in [0.05, 0.1) is 52.6 Å². The lowest BCUT2D eigenvalue weighted by atomic mass is 9.82. The van der Waals surface area contributed by atoms with Crippen molar-refractivity contribution in [3.63, 3.8) is 0 Å². The average Bonchev–Trinajstić information content (AvgIpc) is 3.66. The Kier molecular flexibility index (Phi) is 10.8. The Labute approximate surface area is 345 Å². The van der Waals surface area contributed by atoms with E-state index in [9.17, 15) is 14.7 Å². The lowest BCUT2D eigenvalue weighted by Crippen LogP contribution is -2.52. The highest BCUT2D eigenvalue weighted by molar-refractivity contribution is 6.91. The van der Waals surface area contributed by atoms with Crippen LogP contribution in [0.3, 0.4) is 0 Å². The Balaban J connectivity index is 1.15. The molecule has 1 saturated heterocycles. The van der Waals surface area contributed by atoms with Gasteiger partial charge in [0.2, 0.25) is 5.91 Å². The van der Waals surface area contributed by atoms with Crippen molar-refractivity contribution in [3.05, 3.63) is 154 Å². The molecule has 0 aliphatic carbocycles. The molecular formula is C47H48ClN3O6Si. The number of carbonyl (C=O) groups excluding carboxylic acids is 3. The van der Waals surface area contributed by atoms with E-state index >= 15 is 4.79 Å². The number of halogens is 1. The molecule has 5 atom stereocenters. The third-order valence-electron chi connectivity index (χ3n) is 12.6. The standard InChI is InChI=1S/C47H48ClN3O6Si/c1-30-44(58(3,4)39-20-18-38(56-2)19-21-39)42(26-43(53)50-28-34-15-9-8-14-33(34)24-37(50)29-52)57-47(30)40-25-35(48)17-22-41(40)51(46(47)55)27-31-11-10-16-36(23-31)49-45(54)32-12-6-5-7-13-32/h5-23,25,30,37,42,44,52H,24,26-29H2,1-4H3,(H,49,54)/t30-,37-,42+,44-,47+/m0/s1. The van der Waals surface area contributed by atoms with E-state index in [4.69, 9.17) is 21.1 Å². The van der Waals surface area contributed by atoms with E-state index in [1.54, 1.807) is 35.1 Å². The average molecular weight is 814 g/mol. The summed E-state index contributed by atoms with van der Waals surface area (Å²) in [5, 5.41) is 15.1. The van der Waals surface area contributed by atoms with Crippen LogP contribution in [0.15, 0.2) is 121 Å². The van der Waals surface area contributed by atoms with Crippen molar-refractivity contribution < 1.29 is 29.0 Å². The summed E-state index contributed by atoms with van der Waals surface area (Å²) < 4.78 is 12.8. The molecule has 3 aliphatic rings. The van der Waals surface area contributed by atoms with E-state index in [1.165, 1.54) is 0 Å². The number of aliphatic hydroxyl groups excluding tert-OH is 1. The van der Waals surface area contributed by atoms with Gasteiger partial charge in [0.15, 0.2) is 5.60 Å². The van der Waals surface area contributed by atoms with E-state index < -0.39 is 19.8 Å². The van der Waals surface area contributed by atoms with Crippen LogP contribution in [0.5, 0.6) is 5.75 Å². The van der Waals surface area contributed by atoms with Gasteiger partial charge in [-0.25, -0.2) is 0 Å². The van der Waals surface area contributed by atoms with E-state index in [1.807, 2.05) is 84.9 Å². The van der Waals surface area contributed by atoms with Crippen LogP contribution in [0.1, 0.15) is 46.0 Å². The Morgan fingerprint density at radius 1 is 0.931 bits per heavy atom. The van der Waals surface area contributed by atoms with Crippen LogP contribution in [0.25, 0.3) is 0 Å². The van der Waals surface area contributed by atoms with Crippen LogP contribution in [-0.2, 0) is 39.4 Å². The van der Waals surface area contributed by atoms with Gasteiger partial charge in [0, 0.05) is 34.3 Å². The molecule has 5 aromatic rings. The topological polar surface area (TPSA) is 108 Å². The highest BCUT2D eigenvalue weighted by atomic mass is 35.5. The zero-order valence-electron chi connectivity index (χ0n) is 33.2. The van der Waals surface area contributed by atoms with Gasteiger partial charge in [-0.1, -0.05) is 104 Å². The molecule has 1 fully saturated rings. The number of anilines is 2. The third kappa shape index (κ3) is 7.02. The normalized spacial score (nSPS) is 22.5. The summed E-state index contributed by atoms with van der Waals surface area (Å²) in [7, 11) is -0.913. The second kappa shape index (κ2) is 15.8. The van der Waals surface area contributed by atoms with Crippen LogP contribution in [0.2, 0.25) is 23.7 Å². The number of benzene rings is 5. The number of rotatable bonds is 10. The summed E-state index contributed by atoms with van der Waals surface area (Å²) in [6, 6.07) is 37.8. The third-order valence-corrected chi connectivity index (χ3v) is 17.2. The summed E-state index contributed by atoms with van der Waals surface area (Å²) in [6.07, 6.45) is -0.0000306. The number of amides is 3. The van der Waals surface area contributed by atoms with E-state index in [0.717, 1.165) is 27.6 Å². The second-order valence-corrected chi connectivity index (χ2v) is 21.4. The number of nitrogens with zero attached hydrogens (tertiary/aromatic N) is 2. The number of methoxy groups -OCH3 is 1. The molecule has 298 valence electrons. The first-order valence-corrected chi connectivity index (χ1v) is 23.3. The fourth-order valence-electron chi connectivity index (χ4n) is 9.70. The van der Waals surface area contributed by atoms with Gasteiger partial charge in [0.1, 0.15) is 5.75 Å². The largest absolute Gasteiger partial charge is 0.497 e. The zero-order valence-corrected chi connectivity index (χ0v) is 34.9. The number of aliphatic hydroxyl groups is 1. The number of fused-ring (bicyclic) bond motifs is 3. The van der Waals surface area contributed by atoms with E-state index in [2.05, 4.69) is 43.5 Å². The van der Waals surface area contributed by atoms with Gasteiger partial charge < -0.3 is 29.7 Å². The maximum atomic E-state index is 15.4. The van der Waals surface area contributed by atoms with Crippen LogP contribution < -0.4 is 20.1 Å². The molecule has 1 spiro atoms. The van der Waals surface area contributed by atoms with Crippen molar-refractivity contribution >= 4 is 54.0 Å². The molecule has 0 unspecified atom stereocenters. The minimum Gasteiger partial charge on any atom is -0.497 e. The number of nitrogens with one attached hydrogen (secondary N) is 1. The number of carbonyl (C=O) groups is 3. The fraction of sp³-hybridized carbons (Fsp3) is 0.298. The Morgan fingerprint density at radius 2 is 1.66 bits per heavy atom. The lowest BCUT2D eigenvalue weighted by molar-refractivity contribution is -0.151. The number of ether oxygens (including phenoxy) is 2. The van der Waals surface area contributed by atoms with Crippen LogP contribution in [-0.4, -0.2) is 61.7 Å². The molecule has 3 heterocycles. The van der Waals surface area contributed by atoms with Crippen molar-refractivity contribution in [1.29, 1.82) is 0 Å². The van der Waals surface area contributed by atoms with Gasteiger partial charge in [-0.2, -0.15) is 0 Å². The van der Waals surface area contributed by atoms with Gasteiger partial charge in [-0.05, 0) is 83.2 Å². The number of hydrogen-bond donors (Lipinski definition) is 2. The van der Waals surface area contributed by atoms with E-state index in [-0.39, 0.29) is 54.8 Å². The zero-order chi connectivity index (χ0) is 40.8. The quantitative estimate of drug-likeness (QED) is 0.140. The summed E-state index contributed by atoms with van der Waals surface area (Å²) in [6.45, 7) is 7.13. The fourth-order valence-corrected chi connectivity index (χ4v) is 13.9. The summed E-state index contributed by atoms with van der Waals surface area (Å²) in [4.78, 5) is 46.6. The van der Waals surface area contributed by atoms with Crippen LogP contribution in [0.4, 0.5) is 11.4 Å². The summed E-state index contributed by atoms with van der Waals surface area (Å²) in [5.74, 6) is -0.153. The molecule has 0 saturated carbocycles. The molecule has 3 aliphatic heterocycles. The first-order valence-electron chi connectivity index (χ1n) is 19.8. The molecule has 0 radical (unpaired) electrons. The predicted octanol–water partition coefficient (Wildman–Crippen LogP) is 7.70. The summed E-state index contributed by atoms with van der Waals surface area (Å²) >= 11 is 6.74. The number of hydrogen-bond acceptors (Lipinski definition) is 6. The first kappa shape index (κ1) is 39.6. The molecule has 58 heavy (non-hydrogen) atoms. The van der Waals surface area contributed by atoms with E-state index in [0.29, 0.717) is 40.5 Å². The monoisotopic (exact) mass is 813 g/mol. The van der Waals surface area contributed by atoms with Gasteiger partial charge in [0.25, 0.3) is 11.8 Å². The van der Waals surface area contributed by atoms with Crippen molar-refractivity contribution in [3.8, 4) is 5.75 Å². The molecule has 0 aromatic heterocycles. The molecule has 8 rings (SSSR count). The van der Waals surface area contributed by atoms with Crippen molar-refractivity contribution in [2.24, 2.45) is 5.92 Å². The van der Waals surface area contributed by atoms with Gasteiger partial charge >= 0.3 is 0 Å². The molecule has 9 nitrogen and oxygen atoms in total. The molecule has 2 N–H and O–H groups in total. The lowest BCUT2D eigenvalue weighted by Gasteiger charge is -2.39. The maximum Gasteiger partial charge on any atom is 0.264 e. The van der Waals surface area contributed by atoms with Crippen LogP contribution in [0, 0.1) is 5.92 Å². The SMILES string of the molecule is COc1ccc([Si](C)(C)[C@@H]2[C@@H](CC(=O)N3Cc4ccccc4C[C@H]3CO)O[C@]3(C(=O)N(Cc4cccc(NC(=O)c5ccccc5)c4)c4ccc(Cl)cc43)[C@H]2C)cc1. The summed E-state index contributed by atoms with van der Waals surface area (Å²) in [5.41, 5.74) is 3.96. The predicted molar refractivity (Wildman–Crippen MR) is 229 cm³/mol. The Hall–Kier alpha value is -5.26. The first-order chi connectivity index (χ1) is 27.9. The highest BCUT2D eigenvalue weighted by Gasteiger charge is 2.66. The smallest absolute Gasteiger partial charge is 0.264 e. The van der Waals surface area contributed by atoms with Crippen LogP contribution >= 0.6 is 11.6 Å². The minimum absolute atomic E-state index is 0.0499. The highest BCUT2D eigenvalue weighted by Crippen LogP contribution is 2.60. The molecule has 3 amide bonds. The molecular weight excluding hydrogens is 766 g/mol. The Bertz CT molecular complexity index is 2360. The molecule has 5 aromatic carbocycles. The molecule has 11 heteroatoms. The second-order valence-electron chi connectivity index (χ2n) is 16.3. The van der Waals surface area contributed by atoms with Crippen molar-refractivity contribution in [2.75, 3.05) is 23.9 Å². The van der Waals surface area contributed by atoms with Gasteiger partial charge in [-0.3, -0.25) is 14.4 Å². The van der Waals surface area contributed by atoms with Crippen molar-refractivity contribution in [1.82, 2.24) is 4.90 Å². The molecule has 0 bridgehead atoms. The van der Waals surface area contributed by atoms with Gasteiger partial charge in [-0.15, -0.1) is 0 Å². The minimum atomic E-state index is -2.56.